The Labute approximate surface area is 109 Å². The van der Waals surface area contributed by atoms with Gasteiger partial charge in [0.15, 0.2) is 0 Å². The highest BCUT2D eigenvalue weighted by atomic mass is 35.5. The Balaban J connectivity index is 1.90. The lowest BCUT2D eigenvalue weighted by atomic mass is 9.71. The van der Waals surface area contributed by atoms with Crippen molar-refractivity contribution >= 4 is 11.6 Å². The SMILES string of the molecule is CC(C)CNCC1CCC1c1c(Cl)cnn1C. The first kappa shape index (κ1) is 12.9. The van der Waals surface area contributed by atoms with E-state index in [0.717, 1.165) is 24.0 Å². The number of hydrogen-bond acceptors (Lipinski definition) is 2. The van der Waals surface area contributed by atoms with Crippen LogP contribution in [0.1, 0.15) is 38.3 Å². The smallest absolute Gasteiger partial charge is 0.0820 e. The molecule has 0 radical (unpaired) electrons. The molecule has 0 saturated heterocycles. The van der Waals surface area contributed by atoms with E-state index in [1.165, 1.54) is 18.5 Å². The summed E-state index contributed by atoms with van der Waals surface area (Å²) >= 11 is 6.20. The van der Waals surface area contributed by atoms with Gasteiger partial charge in [0.25, 0.3) is 0 Å². The van der Waals surface area contributed by atoms with Gasteiger partial charge in [-0.3, -0.25) is 4.68 Å². The van der Waals surface area contributed by atoms with Gasteiger partial charge >= 0.3 is 0 Å². The maximum absolute atomic E-state index is 6.20. The summed E-state index contributed by atoms with van der Waals surface area (Å²) in [7, 11) is 1.98. The molecule has 2 atom stereocenters. The summed E-state index contributed by atoms with van der Waals surface area (Å²) in [6.45, 7) is 6.68. The van der Waals surface area contributed by atoms with Gasteiger partial charge in [-0.05, 0) is 37.8 Å². The lowest BCUT2D eigenvalue weighted by Gasteiger charge is -2.37. The minimum absolute atomic E-state index is 0.592. The first-order valence-electron chi connectivity index (χ1n) is 6.47. The van der Waals surface area contributed by atoms with Crippen LogP contribution in [0.25, 0.3) is 0 Å². The molecule has 0 aliphatic heterocycles. The Morgan fingerprint density at radius 3 is 2.76 bits per heavy atom. The van der Waals surface area contributed by atoms with Gasteiger partial charge in [0.2, 0.25) is 0 Å². The van der Waals surface area contributed by atoms with Crippen LogP contribution in [0.4, 0.5) is 0 Å². The summed E-state index contributed by atoms with van der Waals surface area (Å²) in [6, 6.07) is 0. The third-order valence-electron chi connectivity index (χ3n) is 3.67. The number of nitrogens with one attached hydrogen (secondary N) is 1. The highest BCUT2D eigenvalue weighted by molar-refractivity contribution is 6.31. The van der Waals surface area contributed by atoms with E-state index in [1.54, 1.807) is 6.20 Å². The summed E-state index contributed by atoms with van der Waals surface area (Å²) in [5.41, 5.74) is 1.22. The second-order valence-corrected chi connectivity index (χ2v) is 5.90. The van der Waals surface area contributed by atoms with Crippen molar-refractivity contribution in [1.82, 2.24) is 15.1 Å². The molecular weight excluding hydrogens is 234 g/mol. The maximum Gasteiger partial charge on any atom is 0.0820 e. The van der Waals surface area contributed by atoms with E-state index in [1.807, 2.05) is 11.7 Å². The molecule has 0 spiro atoms. The number of aryl methyl sites for hydroxylation is 1. The fourth-order valence-corrected chi connectivity index (χ4v) is 2.87. The molecule has 1 aliphatic rings. The monoisotopic (exact) mass is 255 g/mol. The molecule has 17 heavy (non-hydrogen) atoms. The van der Waals surface area contributed by atoms with Crippen LogP contribution in [-0.4, -0.2) is 22.9 Å². The number of rotatable bonds is 5. The maximum atomic E-state index is 6.20. The Bertz CT molecular complexity index is 353. The molecule has 2 rings (SSSR count). The number of aromatic nitrogens is 2. The highest BCUT2D eigenvalue weighted by Crippen LogP contribution is 2.44. The van der Waals surface area contributed by atoms with Gasteiger partial charge in [0.05, 0.1) is 16.9 Å². The molecule has 0 bridgehead atoms. The van der Waals surface area contributed by atoms with Crippen molar-refractivity contribution in [3.8, 4) is 0 Å². The minimum atomic E-state index is 0.592. The van der Waals surface area contributed by atoms with E-state index < -0.39 is 0 Å². The zero-order valence-electron chi connectivity index (χ0n) is 10.9. The molecular formula is C13H22ClN3. The molecule has 2 unspecified atom stereocenters. The predicted molar refractivity (Wildman–Crippen MR) is 71.4 cm³/mol. The second-order valence-electron chi connectivity index (χ2n) is 5.50. The Morgan fingerprint density at radius 2 is 2.29 bits per heavy atom. The summed E-state index contributed by atoms with van der Waals surface area (Å²) in [5, 5.41) is 8.60. The highest BCUT2D eigenvalue weighted by Gasteiger charge is 2.35. The van der Waals surface area contributed by atoms with E-state index in [0.29, 0.717) is 11.8 Å². The largest absolute Gasteiger partial charge is 0.316 e. The van der Waals surface area contributed by atoms with Gasteiger partial charge in [-0.1, -0.05) is 25.4 Å². The Morgan fingerprint density at radius 1 is 1.53 bits per heavy atom. The zero-order chi connectivity index (χ0) is 12.4. The predicted octanol–water partition coefficient (Wildman–Crippen LogP) is 2.81. The lowest BCUT2D eigenvalue weighted by Crippen LogP contribution is -2.36. The normalized spacial score (nSPS) is 24.1. The van der Waals surface area contributed by atoms with Crippen molar-refractivity contribution in [2.45, 2.75) is 32.6 Å². The first-order valence-corrected chi connectivity index (χ1v) is 6.85. The molecule has 1 aromatic heterocycles. The van der Waals surface area contributed by atoms with Crippen molar-refractivity contribution in [2.75, 3.05) is 13.1 Å². The van der Waals surface area contributed by atoms with Crippen LogP contribution in [0.2, 0.25) is 5.02 Å². The first-order chi connectivity index (χ1) is 8.09. The van der Waals surface area contributed by atoms with Gasteiger partial charge < -0.3 is 5.32 Å². The van der Waals surface area contributed by atoms with Gasteiger partial charge in [-0.25, -0.2) is 0 Å². The van der Waals surface area contributed by atoms with Gasteiger partial charge in [-0.15, -0.1) is 0 Å². The van der Waals surface area contributed by atoms with Crippen LogP contribution in [0, 0.1) is 11.8 Å². The summed E-state index contributed by atoms with van der Waals surface area (Å²) in [4.78, 5) is 0. The van der Waals surface area contributed by atoms with Crippen LogP contribution in [-0.2, 0) is 7.05 Å². The lowest BCUT2D eigenvalue weighted by molar-refractivity contribution is 0.233. The molecule has 1 fully saturated rings. The van der Waals surface area contributed by atoms with E-state index in [9.17, 15) is 0 Å². The molecule has 1 saturated carbocycles. The Kier molecular flexibility index (Phi) is 4.10. The van der Waals surface area contributed by atoms with Crippen molar-refractivity contribution in [3.05, 3.63) is 16.9 Å². The van der Waals surface area contributed by atoms with E-state index in [4.69, 9.17) is 11.6 Å². The molecule has 0 aromatic carbocycles. The quantitative estimate of drug-likeness (QED) is 0.877. The average molecular weight is 256 g/mol. The van der Waals surface area contributed by atoms with Crippen LogP contribution >= 0.6 is 11.6 Å². The topological polar surface area (TPSA) is 29.9 Å². The van der Waals surface area contributed by atoms with Crippen LogP contribution in [0.15, 0.2) is 6.20 Å². The van der Waals surface area contributed by atoms with Crippen LogP contribution in [0.5, 0.6) is 0 Å². The molecule has 0 amide bonds. The van der Waals surface area contributed by atoms with Crippen molar-refractivity contribution in [3.63, 3.8) is 0 Å². The molecule has 1 heterocycles. The molecule has 3 nitrogen and oxygen atoms in total. The van der Waals surface area contributed by atoms with Crippen LogP contribution in [0.3, 0.4) is 0 Å². The third kappa shape index (κ3) is 2.83. The van der Waals surface area contributed by atoms with Crippen molar-refractivity contribution in [1.29, 1.82) is 0 Å². The molecule has 4 heteroatoms. The number of hydrogen-bond donors (Lipinski definition) is 1. The average Bonchev–Trinajstić information content (AvgIpc) is 2.54. The zero-order valence-corrected chi connectivity index (χ0v) is 11.7. The second kappa shape index (κ2) is 5.40. The van der Waals surface area contributed by atoms with Crippen molar-refractivity contribution < 1.29 is 0 Å². The summed E-state index contributed by atoms with van der Waals surface area (Å²) < 4.78 is 1.93. The molecule has 1 N–H and O–H groups in total. The van der Waals surface area contributed by atoms with Gasteiger partial charge in [-0.2, -0.15) is 5.10 Å². The van der Waals surface area contributed by atoms with Crippen LogP contribution < -0.4 is 5.32 Å². The third-order valence-corrected chi connectivity index (χ3v) is 3.96. The summed E-state index contributed by atoms with van der Waals surface area (Å²) in [5.74, 6) is 2.03. The molecule has 1 aliphatic carbocycles. The standard InChI is InChI=1S/C13H22ClN3/c1-9(2)6-15-7-10-4-5-11(10)13-12(14)8-16-17(13)3/h8-11,15H,4-7H2,1-3H3. The fourth-order valence-electron chi connectivity index (χ4n) is 2.57. The minimum Gasteiger partial charge on any atom is -0.316 e. The number of halogens is 1. The number of nitrogens with zero attached hydrogens (tertiary/aromatic N) is 2. The van der Waals surface area contributed by atoms with Crippen molar-refractivity contribution in [2.24, 2.45) is 18.9 Å². The summed E-state index contributed by atoms with van der Waals surface area (Å²) in [6.07, 6.45) is 4.30. The van der Waals surface area contributed by atoms with Gasteiger partial charge in [0.1, 0.15) is 0 Å². The fraction of sp³-hybridized carbons (Fsp3) is 0.769. The van der Waals surface area contributed by atoms with E-state index in [2.05, 4.69) is 24.3 Å². The van der Waals surface area contributed by atoms with Gasteiger partial charge in [0, 0.05) is 13.0 Å². The molecule has 1 aromatic rings. The van der Waals surface area contributed by atoms with E-state index in [-0.39, 0.29) is 0 Å². The Hall–Kier alpha value is -0.540. The molecule has 96 valence electrons. The van der Waals surface area contributed by atoms with E-state index >= 15 is 0 Å².